The third-order valence-corrected chi connectivity index (χ3v) is 1.59. The topological polar surface area (TPSA) is 12.4 Å². The predicted molar refractivity (Wildman–Crippen MR) is 61.0 cm³/mol. The van der Waals surface area contributed by atoms with E-state index >= 15 is 0 Å². The van der Waals surface area contributed by atoms with E-state index in [0.717, 1.165) is 17.0 Å². The van der Waals surface area contributed by atoms with Crippen molar-refractivity contribution in [3.63, 3.8) is 0 Å². The molecular formula is C12H19N. The van der Waals surface area contributed by atoms with Gasteiger partial charge in [0.05, 0.1) is 0 Å². The van der Waals surface area contributed by atoms with Crippen LogP contribution in [0.2, 0.25) is 0 Å². The quantitative estimate of drug-likeness (QED) is 0.458. The van der Waals surface area contributed by atoms with Crippen LogP contribution in [0.15, 0.2) is 41.6 Å². The summed E-state index contributed by atoms with van der Waals surface area (Å²) < 4.78 is 0. The van der Waals surface area contributed by atoms with Gasteiger partial charge in [0, 0.05) is 11.4 Å². The molecule has 0 atom stereocenters. The summed E-state index contributed by atoms with van der Waals surface area (Å²) in [5, 5.41) is 0. The van der Waals surface area contributed by atoms with Crippen molar-refractivity contribution in [2.75, 3.05) is 0 Å². The fourth-order valence-electron chi connectivity index (χ4n) is 0.830. The summed E-state index contributed by atoms with van der Waals surface area (Å²) in [6.45, 7) is 15.7. The lowest BCUT2D eigenvalue weighted by Crippen LogP contribution is -1.95. The lowest BCUT2D eigenvalue weighted by Gasteiger charge is -2.06. The van der Waals surface area contributed by atoms with Crippen molar-refractivity contribution in [3.05, 3.63) is 36.6 Å². The Balaban J connectivity index is 4.83. The molecule has 0 bridgehead atoms. The highest BCUT2D eigenvalue weighted by Crippen LogP contribution is 2.13. The van der Waals surface area contributed by atoms with Gasteiger partial charge in [-0.15, -0.1) is 0 Å². The van der Waals surface area contributed by atoms with Gasteiger partial charge in [-0.05, 0) is 31.9 Å². The molecule has 0 heterocycles. The molecule has 0 saturated carbocycles. The van der Waals surface area contributed by atoms with Gasteiger partial charge in [0.1, 0.15) is 0 Å². The van der Waals surface area contributed by atoms with Crippen molar-refractivity contribution in [2.45, 2.75) is 27.7 Å². The fraction of sp³-hybridized carbons (Fsp3) is 0.417. The zero-order valence-corrected chi connectivity index (χ0v) is 9.09. The molecule has 0 N–H and O–H groups in total. The van der Waals surface area contributed by atoms with Gasteiger partial charge in [-0.3, -0.25) is 4.99 Å². The van der Waals surface area contributed by atoms with Gasteiger partial charge in [-0.25, -0.2) is 0 Å². The van der Waals surface area contributed by atoms with Crippen molar-refractivity contribution in [1.29, 1.82) is 0 Å². The molecule has 0 aromatic carbocycles. The molecule has 0 spiro atoms. The normalized spacial score (nSPS) is 13.3. The van der Waals surface area contributed by atoms with Crippen LogP contribution in [0.1, 0.15) is 27.7 Å². The van der Waals surface area contributed by atoms with Gasteiger partial charge in [0.2, 0.25) is 0 Å². The molecule has 0 fully saturated rings. The maximum atomic E-state index is 4.43. The molecule has 1 heteroatoms. The average molecular weight is 177 g/mol. The van der Waals surface area contributed by atoms with E-state index in [4.69, 9.17) is 0 Å². The Kier molecular flexibility index (Phi) is 5.05. The van der Waals surface area contributed by atoms with E-state index in [-0.39, 0.29) is 0 Å². The summed E-state index contributed by atoms with van der Waals surface area (Å²) in [5.41, 5.74) is 3.04. The first-order valence-corrected chi connectivity index (χ1v) is 4.52. The highest BCUT2D eigenvalue weighted by atomic mass is 14.8. The van der Waals surface area contributed by atoms with Crippen LogP contribution >= 0.6 is 0 Å². The summed E-state index contributed by atoms with van der Waals surface area (Å²) in [6.07, 6.45) is 3.77. The Labute approximate surface area is 81.6 Å². The molecule has 72 valence electrons. The van der Waals surface area contributed by atoms with E-state index in [1.165, 1.54) is 0 Å². The molecule has 0 aliphatic carbocycles. The maximum Gasteiger partial charge on any atom is 0.0434 e. The number of allylic oxidation sites excluding steroid dienone is 4. The van der Waals surface area contributed by atoms with Gasteiger partial charge in [-0.1, -0.05) is 32.6 Å². The van der Waals surface area contributed by atoms with Crippen molar-refractivity contribution >= 4 is 5.71 Å². The summed E-state index contributed by atoms with van der Waals surface area (Å²) in [5.74, 6) is 0.423. The highest BCUT2D eigenvalue weighted by molar-refractivity contribution is 5.93. The number of aliphatic imine (C=N–C) groups is 1. The standard InChI is InChI=1S/C12H19N/c1-7-11(6)13-12(10(4)5)8-9(2)3/h7-8,10H,1-2H2,3-6H3/b12-8-,13-11?. The van der Waals surface area contributed by atoms with Crippen LogP contribution in [-0.2, 0) is 0 Å². The third-order valence-electron chi connectivity index (χ3n) is 1.59. The van der Waals surface area contributed by atoms with Crippen molar-refractivity contribution < 1.29 is 0 Å². The lowest BCUT2D eigenvalue weighted by molar-refractivity contribution is 0.757. The van der Waals surface area contributed by atoms with Crippen LogP contribution < -0.4 is 0 Å². The van der Waals surface area contributed by atoms with Crippen LogP contribution in [0.3, 0.4) is 0 Å². The number of hydrogen-bond donors (Lipinski definition) is 0. The molecule has 0 unspecified atom stereocenters. The average Bonchev–Trinajstić information content (AvgIpc) is 2.02. The van der Waals surface area contributed by atoms with E-state index in [9.17, 15) is 0 Å². The van der Waals surface area contributed by atoms with Crippen LogP contribution in [0.4, 0.5) is 0 Å². The Morgan fingerprint density at radius 3 is 2.15 bits per heavy atom. The van der Waals surface area contributed by atoms with Gasteiger partial charge in [0.25, 0.3) is 0 Å². The molecule has 0 aliphatic heterocycles. The van der Waals surface area contributed by atoms with Crippen molar-refractivity contribution in [2.24, 2.45) is 10.9 Å². The molecule has 0 radical (unpaired) electrons. The van der Waals surface area contributed by atoms with Gasteiger partial charge < -0.3 is 0 Å². The van der Waals surface area contributed by atoms with E-state index < -0.39 is 0 Å². The van der Waals surface area contributed by atoms with E-state index in [0.29, 0.717) is 5.92 Å². The zero-order chi connectivity index (χ0) is 10.4. The Morgan fingerprint density at radius 2 is 1.85 bits per heavy atom. The van der Waals surface area contributed by atoms with Crippen LogP contribution in [0.25, 0.3) is 0 Å². The third kappa shape index (κ3) is 5.18. The van der Waals surface area contributed by atoms with Crippen LogP contribution in [0, 0.1) is 5.92 Å². The SMILES string of the molecule is C=CC(C)=N/C(=C\C(=C)C)C(C)C. The van der Waals surface area contributed by atoms with E-state index in [1.54, 1.807) is 6.08 Å². The van der Waals surface area contributed by atoms with Crippen molar-refractivity contribution in [1.82, 2.24) is 0 Å². The minimum Gasteiger partial charge on any atom is -0.258 e. The maximum absolute atomic E-state index is 4.43. The second-order valence-electron chi connectivity index (χ2n) is 3.53. The van der Waals surface area contributed by atoms with Crippen molar-refractivity contribution in [3.8, 4) is 0 Å². The fourth-order valence-corrected chi connectivity index (χ4v) is 0.830. The molecule has 0 aromatic heterocycles. The Bertz CT molecular complexity index is 254. The summed E-state index contributed by atoms with van der Waals surface area (Å²) in [4.78, 5) is 4.43. The first-order chi connectivity index (χ1) is 5.97. The lowest BCUT2D eigenvalue weighted by atomic mass is 10.1. The second-order valence-corrected chi connectivity index (χ2v) is 3.53. The number of hydrogen-bond acceptors (Lipinski definition) is 1. The predicted octanol–water partition coefficient (Wildman–Crippen LogP) is 3.75. The van der Waals surface area contributed by atoms with Gasteiger partial charge in [0.15, 0.2) is 0 Å². The molecule has 13 heavy (non-hydrogen) atoms. The minimum absolute atomic E-state index is 0.423. The molecule has 0 aromatic rings. The first-order valence-electron chi connectivity index (χ1n) is 4.52. The Morgan fingerprint density at radius 1 is 1.31 bits per heavy atom. The van der Waals surface area contributed by atoms with E-state index in [1.807, 2.05) is 19.9 Å². The van der Waals surface area contributed by atoms with Gasteiger partial charge in [-0.2, -0.15) is 0 Å². The molecule has 0 amide bonds. The molecule has 1 nitrogen and oxygen atoms in total. The molecule has 0 saturated heterocycles. The molecule has 0 rings (SSSR count). The zero-order valence-electron chi connectivity index (χ0n) is 9.09. The number of nitrogens with zero attached hydrogens (tertiary/aromatic N) is 1. The van der Waals surface area contributed by atoms with Crippen LogP contribution in [0.5, 0.6) is 0 Å². The van der Waals surface area contributed by atoms with Gasteiger partial charge >= 0.3 is 0 Å². The minimum atomic E-state index is 0.423. The smallest absolute Gasteiger partial charge is 0.0434 e. The molecular weight excluding hydrogens is 158 g/mol. The summed E-state index contributed by atoms with van der Waals surface area (Å²) in [6, 6.07) is 0. The second kappa shape index (κ2) is 5.52. The largest absolute Gasteiger partial charge is 0.258 e. The summed E-state index contributed by atoms with van der Waals surface area (Å²) >= 11 is 0. The van der Waals surface area contributed by atoms with Crippen LogP contribution in [-0.4, -0.2) is 5.71 Å². The highest BCUT2D eigenvalue weighted by Gasteiger charge is 2.00. The monoisotopic (exact) mass is 177 g/mol. The summed E-state index contributed by atoms with van der Waals surface area (Å²) in [7, 11) is 0. The van der Waals surface area contributed by atoms with E-state index in [2.05, 4.69) is 32.0 Å². The first kappa shape index (κ1) is 11.9. The molecule has 0 aliphatic rings. The Hall–Kier alpha value is -1.11. The number of rotatable bonds is 4.